The molecule has 1 atom stereocenters. The molecule has 1 aliphatic heterocycles. The first kappa shape index (κ1) is 18.8. The maximum atomic E-state index is 12.6. The van der Waals surface area contributed by atoms with Crippen LogP contribution in [0.1, 0.15) is 20.8 Å². The van der Waals surface area contributed by atoms with Crippen molar-refractivity contribution in [3.05, 3.63) is 48.5 Å². The van der Waals surface area contributed by atoms with Crippen molar-refractivity contribution in [1.29, 1.82) is 0 Å². The molecule has 6 heteroatoms. The molecule has 0 saturated carbocycles. The van der Waals surface area contributed by atoms with Crippen LogP contribution in [-0.4, -0.2) is 31.1 Å². The lowest BCUT2D eigenvalue weighted by molar-refractivity contribution is -0.125. The van der Waals surface area contributed by atoms with Gasteiger partial charge in [-0.05, 0) is 37.3 Å². The summed E-state index contributed by atoms with van der Waals surface area (Å²) in [6.07, 6.45) is -0.565. The highest BCUT2D eigenvalue weighted by Crippen LogP contribution is 2.36. The van der Waals surface area contributed by atoms with Crippen molar-refractivity contribution in [3.8, 4) is 11.5 Å². The Bertz CT molecular complexity index is 820. The maximum absolute atomic E-state index is 12.6. The molecule has 27 heavy (non-hydrogen) atoms. The van der Waals surface area contributed by atoms with Gasteiger partial charge in [-0.25, -0.2) is 0 Å². The molecule has 0 radical (unpaired) electrons. The quantitative estimate of drug-likeness (QED) is 0.848. The Hall–Kier alpha value is -3.02. The fourth-order valence-electron chi connectivity index (χ4n) is 2.77. The van der Waals surface area contributed by atoms with Gasteiger partial charge >= 0.3 is 0 Å². The predicted molar refractivity (Wildman–Crippen MR) is 104 cm³/mol. The number of anilines is 2. The Labute approximate surface area is 159 Å². The Balaban J connectivity index is 1.77. The average molecular weight is 368 g/mol. The molecular weight excluding hydrogens is 344 g/mol. The second-order valence-corrected chi connectivity index (χ2v) is 6.74. The minimum atomic E-state index is -0.565. The second-order valence-electron chi connectivity index (χ2n) is 6.74. The number of nitrogens with one attached hydrogen (secondary N) is 1. The Kier molecular flexibility index (Phi) is 5.64. The van der Waals surface area contributed by atoms with Gasteiger partial charge in [0.1, 0.15) is 18.1 Å². The Morgan fingerprint density at radius 1 is 1.22 bits per heavy atom. The number of hydrogen-bond acceptors (Lipinski definition) is 4. The van der Waals surface area contributed by atoms with E-state index >= 15 is 0 Å². The van der Waals surface area contributed by atoms with E-state index in [1.165, 1.54) is 0 Å². The van der Waals surface area contributed by atoms with Crippen molar-refractivity contribution >= 4 is 23.2 Å². The van der Waals surface area contributed by atoms with Gasteiger partial charge in [-0.1, -0.05) is 32.0 Å². The molecule has 1 aliphatic rings. The van der Waals surface area contributed by atoms with Crippen molar-refractivity contribution in [2.75, 3.05) is 23.4 Å². The normalized spacial score (nSPS) is 15.9. The van der Waals surface area contributed by atoms with Gasteiger partial charge in [0.2, 0.25) is 5.91 Å². The Morgan fingerprint density at radius 2 is 1.96 bits per heavy atom. The van der Waals surface area contributed by atoms with E-state index in [4.69, 9.17) is 9.47 Å². The molecule has 3 rings (SSSR count). The molecule has 1 unspecified atom stereocenters. The van der Waals surface area contributed by atoms with Crippen molar-refractivity contribution in [2.45, 2.75) is 26.9 Å². The average Bonchev–Trinajstić information content (AvgIpc) is 2.66. The smallest absolute Gasteiger partial charge is 0.267 e. The van der Waals surface area contributed by atoms with Crippen molar-refractivity contribution < 1.29 is 19.1 Å². The molecule has 0 aliphatic carbocycles. The number of carbonyl (C=O) groups is 2. The van der Waals surface area contributed by atoms with Crippen molar-refractivity contribution in [3.63, 3.8) is 0 Å². The first-order valence-electron chi connectivity index (χ1n) is 9.06. The highest BCUT2D eigenvalue weighted by Gasteiger charge is 2.31. The second kappa shape index (κ2) is 8.12. The van der Waals surface area contributed by atoms with E-state index in [2.05, 4.69) is 5.32 Å². The molecule has 6 nitrogen and oxygen atoms in total. The summed E-state index contributed by atoms with van der Waals surface area (Å²) in [5.41, 5.74) is 1.27. The fourth-order valence-corrected chi connectivity index (χ4v) is 2.77. The third-order valence-corrected chi connectivity index (χ3v) is 4.29. The van der Waals surface area contributed by atoms with Crippen LogP contribution in [0.2, 0.25) is 0 Å². The molecule has 1 N–H and O–H groups in total. The molecule has 2 aromatic carbocycles. The lowest BCUT2D eigenvalue weighted by Crippen LogP contribution is -2.46. The van der Waals surface area contributed by atoms with E-state index in [0.29, 0.717) is 30.3 Å². The van der Waals surface area contributed by atoms with Gasteiger partial charge in [-0.3, -0.25) is 9.59 Å². The number of amides is 2. The number of fused-ring (bicyclic) bond motifs is 1. The van der Waals surface area contributed by atoms with Gasteiger partial charge in [0.15, 0.2) is 6.10 Å². The zero-order valence-electron chi connectivity index (χ0n) is 15.8. The number of rotatable bonds is 6. The fraction of sp³-hybridized carbons (Fsp3) is 0.333. The monoisotopic (exact) mass is 368 g/mol. The summed E-state index contributed by atoms with van der Waals surface area (Å²) in [7, 11) is 0. The zero-order chi connectivity index (χ0) is 19.4. The number of carbonyl (C=O) groups excluding carboxylic acids is 2. The van der Waals surface area contributed by atoms with Crippen LogP contribution in [0.25, 0.3) is 0 Å². The van der Waals surface area contributed by atoms with E-state index in [0.717, 1.165) is 5.75 Å². The summed E-state index contributed by atoms with van der Waals surface area (Å²) in [5.74, 6) is 1.03. The summed E-state index contributed by atoms with van der Waals surface area (Å²) in [5, 5.41) is 2.86. The van der Waals surface area contributed by atoms with Gasteiger partial charge in [0.25, 0.3) is 5.91 Å². The van der Waals surface area contributed by atoms with E-state index in [9.17, 15) is 9.59 Å². The largest absolute Gasteiger partial charge is 0.492 e. The third-order valence-electron chi connectivity index (χ3n) is 4.29. The summed E-state index contributed by atoms with van der Waals surface area (Å²) in [6.45, 7) is 6.12. The molecule has 0 bridgehead atoms. The van der Waals surface area contributed by atoms with Crippen LogP contribution in [0, 0.1) is 5.92 Å². The topological polar surface area (TPSA) is 67.9 Å². The minimum Gasteiger partial charge on any atom is -0.492 e. The first-order valence-corrected chi connectivity index (χ1v) is 9.06. The summed E-state index contributed by atoms with van der Waals surface area (Å²) in [4.78, 5) is 26.2. The van der Waals surface area contributed by atoms with Gasteiger partial charge in [-0.15, -0.1) is 0 Å². The first-order chi connectivity index (χ1) is 13.0. The minimum absolute atomic E-state index is 0.0784. The van der Waals surface area contributed by atoms with Gasteiger partial charge in [0, 0.05) is 11.6 Å². The lowest BCUT2D eigenvalue weighted by Gasteiger charge is -2.33. The summed E-state index contributed by atoms with van der Waals surface area (Å²) >= 11 is 0. The highest BCUT2D eigenvalue weighted by atomic mass is 16.5. The summed E-state index contributed by atoms with van der Waals surface area (Å²) in [6, 6.07) is 14.8. The molecule has 0 saturated heterocycles. The van der Waals surface area contributed by atoms with Crippen LogP contribution < -0.4 is 19.7 Å². The van der Waals surface area contributed by atoms with Crippen LogP contribution in [0.3, 0.4) is 0 Å². The van der Waals surface area contributed by atoms with Crippen LogP contribution in [0.4, 0.5) is 11.4 Å². The van der Waals surface area contributed by atoms with E-state index in [1.54, 1.807) is 30.0 Å². The molecule has 0 aromatic heterocycles. The number of benzene rings is 2. The van der Waals surface area contributed by atoms with Crippen LogP contribution >= 0.6 is 0 Å². The third kappa shape index (κ3) is 4.39. The SMILES string of the molecule is CC(C)C(=O)Nc1ccc2c(c1)N(CCOc1ccccc1)C(=O)C(C)O2. The van der Waals surface area contributed by atoms with Crippen LogP contribution in [0.15, 0.2) is 48.5 Å². The van der Waals surface area contributed by atoms with E-state index in [-0.39, 0.29) is 17.7 Å². The number of ether oxygens (including phenoxy) is 2. The predicted octanol–water partition coefficient (Wildman–Crippen LogP) is 3.47. The molecule has 142 valence electrons. The zero-order valence-corrected chi connectivity index (χ0v) is 15.8. The Morgan fingerprint density at radius 3 is 2.67 bits per heavy atom. The van der Waals surface area contributed by atoms with Gasteiger partial charge in [0.05, 0.1) is 12.2 Å². The van der Waals surface area contributed by atoms with E-state index < -0.39 is 6.10 Å². The molecule has 0 fully saturated rings. The number of hydrogen-bond donors (Lipinski definition) is 1. The molecule has 1 heterocycles. The molecule has 0 spiro atoms. The number of nitrogens with zero attached hydrogens (tertiary/aromatic N) is 1. The molecular formula is C21H24N2O4. The lowest BCUT2D eigenvalue weighted by atomic mass is 10.1. The van der Waals surface area contributed by atoms with Gasteiger partial charge in [-0.2, -0.15) is 0 Å². The summed E-state index contributed by atoms with van der Waals surface area (Å²) < 4.78 is 11.4. The maximum Gasteiger partial charge on any atom is 0.267 e. The standard InChI is InChI=1S/C21H24N2O4/c1-14(2)20(24)22-16-9-10-19-18(13-16)23(21(25)15(3)27-19)11-12-26-17-7-5-4-6-8-17/h4-10,13-15H,11-12H2,1-3H3,(H,22,24). The highest BCUT2D eigenvalue weighted by molar-refractivity contribution is 6.01. The van der Waals surface area contributed by atoms with Crippen LogP contribution in [0.5, 0.6) is 11.5 Å². The number of para-hydroxylation sites is 1. The van der Waals surface area contributed by atoms with Crippen LogP contribution in [-0.2, 0) is 9.59 Å². The van der Waals surface area contributed by atoms with Crippen molar-refractivity contribution in [2.24, 2.45) is 5.92 Å². The van der Waals surface area contributed by atoms with Crippen molar-refractivity contribution in [1.82, 2.24) is 0 Å². The molecule has 2 amide bonds. The van der Waals surface area contributed by atoms with E-state index in [1.807, 2.05) is 44.2 Å². The molecule has 2 aromatic rings. The van der Waals surface area contributed by atoms with Gasteiger partial charge < -0.3 is 19.7 Å².